The van der Waals surface area contributed by atoms with Gasteiger partial charge in [0.2, 0.25) is 0 Å². The molecule has 0 heterocycles. The summed E-state index contributed by atoms with van der Waals surface area (Å²) in [7, 11) is 0. The van der Waals surface area contributed by atoms with E-state index in [0.717, 1.165) is 17.5 Å². The number of carbonyl (C=O) groups excluding carboxylic acids is 2. The number of benzene rings is 2. The van der Waals surface area contributed by atoms with Gasteiger partial charge in [-0.3, -0.25) is 9.59 Å². The van der Waals surface area contributed by atoms with Crippen molar-refractivity contribution in [3.05, 3.63) is 77.9 Å². The second-order valence-electron chi connectivity index (χ2n) is 7.17. The summed E-state index contributed by atoms with van der Waals surface area (Å²) in [4.78, 5) is 26.7. The number of unbranched alkanes of at least 4 members (excludes halogenated alkanes) is 1. The molecule has 2 rings (SSSR count). The summed E-state index contributed by atoms with van der Waals surface area (Å²) in [6.07, 6.45) is 5.81. The maximum absolute atomic E-state index is 13.4. The summed E-state index contributed by atoms with van der Waals surface area (Å²) in [5.74, 6) is -1.56. The first-order valence-electron chi connectivity index (χ1n) is 10.7. The third-order valence-corrected chi connectivity index (χ3v) is 5.17. The molecule has 1 atom stereocenters. The van der Waals surface area contributed by atoms with Gasteiger partial charge in [-0.15, -0.1) is 0 Å². The maximum atomic E-state index is 13.4. The van der Waals surface area contributed by atoms with Crippen molar-refractivity contribution in [1.82, 2.24) is 0 Å². The fraction of sp³-hybridized carbons (Fsp3) is 0.385. The van der Waals surface area contributed by atoms with Crippen LogP contribution < -0.4 is 0 Å². The van der Waals surface area contributed by atoms with Crippen molar-refractivity contribution >= 4 is 18.0 Å². The van der Waals surface area contributed by atoms with E-state index >= 15 is 0 Å². The zero-order valence-corrected chi connectivity index (χ0v) is 18.2. The molecule has 4 heteroatoms. The summed E-state index contributed by atoms with van der Waals surface area (Å²) in [5.41, 5.74) is 0.437. The lowest BCUT2D eigenvalue weighted by molar-refractivity contribution is -0.174. The summed E-state index contributed by atoms with van der Waals surface area (Å²) < 4.78 is 10.9. The average molecular weight is 409 g/mol. The van der Waals surface area contributed by atoms with Gasteiger partial charge in [0, 0.05) is 5.92 Å². The van der Waals surface area contributed by atoms with Crippen LogP contribution in [0.3, 0.4) is 0 Å². The van der Waals surface area contributed by atoms with Crippen molar-refractivity contribution in [2.24, 2.45) is 5.41 Å². The van der Waals surface area contributed by atoms with Gasteiger partial charge in [0.05, 0.1) is 13.2 Å². The molecule has 2 aromatic carbocycles. The summed E-state index contributed by atoms with van der Waals surface area (Å²) in [6, 6.07) is 19.5. The van der Waals surface area contributed by atoms with Gasteiger partial charge < -0.3 is 9.47 Å². The Labute approximate surface area is 179 Å². The molecule has 160 valence electrons. The van der Waals surface area contributed by atoms with Gasteiger partial charge in [0.25, 0.3) is 0 Å². The van der Waals surface area contributed by atoms with E-state index in [-0.39, 0.29) is 13.2 Å². The van der Waals surface area contributed by atoms with Crippen molar-refractivity contribution < 1.29 is 19.1 Å². The first-order chi connectivity index (χ1) is 14.6. The van der Waals surface area contributed by atoms with E-state index in [0.29, 0.717) is 12.8 Å². The molecule has 0 saturated carbocycles. The van der Waals surface area contributed by atoms with Crippen LogP contribution in [0.25, 0.3) is 6.08 Å². The predicted octanol–water partition coefficient (Wildman–Crippen LogP) is 5.79. The van der Waals surface area contributed by atoms with Crippen LogP contribution in [0.5, 0.6) is 0 Å². The van der Waals surface area contributed by atoms with Gasteiger partial charge in [0.15, 0.2) is 5.41 Å². The van der Waals surface area contributed by atoms with Crippen LogP contribution in [0.4, 0.5) is 0 Å². The van der Waals surface area contributed by atoms with Crippen molar-refractivity contribution in [3.63, 3.8) is 0 Å². The summed E-state index contributed by atoms with van der Waals surface area (Å²) in [6.45, 7) is 5.96. The van der Waals surface area contributed by atoms with Gasteiger partial charge in [0.1, 0.15) is 0 Å². The Balaban J connectivity index is 2.66. The summed E-state index contributed by atoms with van der Waals surface area (Å²) in [5, 5.41) is 0. The Bertz CT molecular complexity index is 793. The Morgan fingerprint density at radius 2 is 1.40 bits per heavy atom. The number of esters is 2. The van der Waals surface area contributed by atoms with Crippen LogP contribution in [0.15, 0.2) is 66.7 Å². The number of ether oxygens (including phenoxy) is 2. The molecule has 0 bridgehead atoms. The normalized spacial score (nSPS) is 12.5. The van der Waals surface area contributed by atoms with E-state index in [2.05, 4.69) is 0 Å². The van der Waals surface area contributed by atoms with E-state index in [1.54, 1.807) is 13.8 Å². The molecular weight excluding hydrogens is 376 g/mol. The zero-order valence-electron chi connectivity index (χ0n) is 18.2. The monoisotopic (exact) mass is 408 g/mol. The molecule has 30 heavy (non-hydrogen) atoms. The third-order valence-electron chi connectivity index (χ3n) is 5.17. The van der Waals surface area contributed by atoms with E-state index < -0.39 is 23.3 Å². The Hall–Kier alpha value is -2.88. The standard InChI is InChI=1S/C26H32O4/c1-4-7-20-26(24(27)29-5-2,25(28)30-6-3)23(22-16-12-9-13-17-22)19-18-21-14-10-8-11-15-21/h8-19,23H,4-7,20H2,1-3H3/b19-18+/t23-/m1/s1. The average Bonchev–Trinajstić information content (AvgIpc) is 2.77. The molecule has 2 aromatic rings. The highest BCUT2D eigenvalue weighted by Gasteiger charge is 2.54. The van der Waals surface area contributed by atoms with E-state index in [9.17, 15) is 9.59 Å². The predicted molar refractivity (Wildman–Crippen MR) is 120 cm³/mol. The second kappa shape index (κ2) is 12.0. The van der Waals surface area contributed by atoms with Crippen molar-refractivity contribution in [3.8, 4) is 0 Å². The number of hydrogen-bond acceptors (Lipinski definition) is 4. The third kappa shape index (κ3) is 5.59. The van der Waals surface area contributed by atoms with Crippen LogP contribution in [0.1, 0.15) is 57.1 Å². The molecule has 4 nitrogen and oxygen atoms in total. The zero-order chi connectivity index (χ0) is 21.8. The molecule has 0 unspecified atom stereocenters. The number of rotatable bonds is 11. The molecule has 0 fully saturated rings. The lowest BCUT2D eigenvalue weighted by atomic mass is 9.68. The molecule has 0 spiro atoms. The molecule has 0 N–H and O–H groups in total. The molecule has 0 aliphatic heterocycles. The van der Waals surface area contributed by atoms with Crippen LogP contribution in [-0.4, -0.2) is 25.2 Å². The van der Waals surface area contributed by atoms with Crippen molar-refractivity contribution in [2.45, 2.75) is 46.0 Å². The SMILES string of the molecule is CCCCC(C(=O)OCC)(C(=O)OCC)[C@H](/C=C/c1ccccc1)c1ccccc1. The first-order valence-corrected chi connectivity index (χ1v) is 10.7. The fourth-order valence-corrected chi connectivity index (χ4v) is 3.66. The molecule has 0 saturated heterocycles. The molecule has 0 aliphatic rings. The molecule has 0 radical (unpaired) electrons. The van der Waals surface area contributed by atoms with Gasteiger partial charge in [-0.25, -0.2) is 0 Å². The Morgan fingerprint density at radius 3 is 1.90 bits per heavy atom. The lowest BCUT2D eigenvalue weighted by Gasteiger charge is -2.35. The van der Waals surface area contributed by atoms with Gasteiger partial charge in [-0.1, -0.05) is 92.6 Å². The highest BCUT2D eigenvalue weighted by Crippen LogP contribution is 2.44. The fourth-order valence-electron chi connectivity index (χ4n) is 3.66. The van der Waals surface area contributed by atoms with E-state index in [1.807, 2.05) is 79.7 Å². The van der Waals surface area contributed by atoms with Gasteiger partial charge in [-0.05, 0) is 31.4 Å². The quantitative estimate of drug-likeness (QED) is 0.349. The van der Waals surface area contributed by atoms with Crippen molar-refractivity contribution in [1.29, 1.82) is 0 Å². The Kier molecular flexibility index (Phi) is 9.33. The van der Waals surface area contributed by atoms with Crippen LogP contribution in [0, 0.1) is 5.41 Å². The highest BCUT2D eigenvalue weighted by atomic mass is 16.6. The highest BCUT2D eigenvalue weighted by molar-refractivity contribution is 6.01. The molecule has 0 aliphatic carbocycles. The molecule has 0 aromatic heterocycles. The first kappa shape index (κ1) is 23.4. The van der Waals surface area contributed by atoms with Gasteiger partial charge in [-0.2, -0.15) is 0 Å². The molecular formula is C26H32O4. The smallest absolute Gasteiger partial charge is 0.324 e. The second-order valence-corrected chi connectivity index (χ2v) is 7.17. The van der Waals surface area contributed by atoms with E-state index in [4.69, 9.17) is 9.47 Å². The minimum absolute atomic E-state index is 0.204. The maximum Gasteiger partial charge on any atom is 0.324 e. The topological polar surface area (TPSA) is 52.6 Å². The minimum atomic E-state index is -1.44. The van der Waals surface area contributed by atoms with Crippen LogP contribution >= 0.6 is 0 Å². The number of hydrogen-bond donors (Lipinski definition) is 0. The van der Waals surface area contributed by atoms with Crippen LogP contribution in [0.2, 0.25) is 0 Å². The minimum Gasteiger partial charge on any atom is -0.465 e. The van der Waals surface area contributed by atoms with Crippen LogP contribution in [-0.2, 0) is 19.1 Å². The number of allylic oxidation sites excluding steroid dienone is 1. The van der Waals surface area contributed by atoms with E-state index in [1.165, 1.54) is 0 Å². The van der Waals surface area contributed by atoms with Crippen molar-refractivity contribution in [2.75, 3.05) is 13.2 Å². The van der Waals surface area contributed by atoms with Gasteiger partial charge >= 0.3 is 11.9 Å². The molecule has 0 amide bonds. The lowest BCUT2D eigenvalue weighted by Crippen LogP contribution is -2.46. The largest absolute Gasteiger partial charge is 0.465 e. The Morgan fingerprint density at radius 1 is 0.867 bits per heavy atom. The number of carbonyl (C=O) groups is 2. The summed E-state index contributed by atoms with van der Waals surface area (Å²) >= 11 is 0.